The Morgan fingerprint density at radius 2 is 2.15 bits per heavy atom. The molecule has 1 N–H and O–H groups in total. The molecule has 0 saturated heterocycles. The van der Waals surface area contributed by atoms with E-state index in [0.717, 1.165) is 39.0 Å². The van der Waals surface area contributed by atoms with Gasteiger partial charge in [0.15, 0.2) is 0 Å². The third kappa shape index (κ3) is 4.38. The van der Waals surface area contributed by atoms with E-state index in [0.29, 0.717) is 6.04 Å². The van der Waals surface area contributed by atoms with Crippen molar-refractivity contribution in [1.29, 1.82) is 0 Å². The van der Waals surface area contributed by atoms with Gasteiger partial charge in [-0.2, -0.15) is 0 Å². The molecule has 1 unspecified atom stereocenters. The number of hydrogen-bond acceptors (Lipinski definition) is 3. The zero-order valence-corrected chi connectivity index (χ0v) is 15.6. The first-order valence-corrected chi connectivity index (χ1v) is 9.16. The molecule has 2 nitrogen and oxygen atoms in total. The van der Waals surface area contributed by atoms with Gasteiger partial charge in [-0.05, 0) is 37.6 Å². The number of nitrogens with zero attached hydrogens (tertiary/aromatic N) is 1. The van der Waals surface area contributed by atoms with Gasteiger partial charge in [0.1, 0.15) is 0 Å². The fourth-order valence-corrected chi connectivity index (χ4v) is 4.05. The predicted octanol–water partition coefficient (Wildman–Crippen LogP) is 5.26. The van der Waals surface area contributed by atoms with Gasteiger partial charge in [-0.15, -0.1) is 11.3 Å². The van der Waals surface area contributed by atoms with Crippen LogP contribution in [-0.4, -0.2) is 11.5 Å². The molecular formula is C15H18Br2N2S. The lowest BCUT2D eigenvalue weighted by molar-refractivity contribution is 0.523. The summed E-state index contributed by atoms with van der Waals surface area (Å²) in [7, 11) is 0. The maximum absolute atomic E-state index is 4.59. The minimum Gasteiger partial charge on any atom is -0.310 e. The number of halogens is 2. The van der Waals surface area contributed by atoms with E-state index in [1.54, 1.807) is 11.3 Å². The van der Waals surface area contributed by atoms with Gasteiger partial charge in [0, 0.05) is 26.8 Å². The Kier molecular flexibility index (Phi) is 6.20. The molecule has 1 heterocycles. The fourth-order valence-electron chi connectivity index (χ4n) is 2.11. The monoisotopic (exact) mass is 416 g/mol. The van der Waals surface area contributed by atoms with Crippen molar-refractivity contribution < 1.29 is 0 Å². The average Bonchev–Trinajstić information content (AvgIpc) is 2.80. The van der Waals surface area contributed by atoms with Crippen LogP contribution < -0.4 is 5.32 Å². The van der Waals surface area contributed by atoms with Gasteiger partial charge in [0.25, 0.3) is 0 Å². The molecule has 1 aromatic carbocycles. The van der Waals surface area contributed by atoms with E-state index in [-0.39, 0.29) is 0 Å². The van der Waals surface area contributed by atoms with Crippen LogP contribution in [0.25, 0.3) is 0 Å². The SMILES string of the molecule is CCCNC(Cc1csc(C)n1)c1ccc(Br)cc1Br. The first-order chi connectivity index (χ1) is 9.60. The quantitative estimate of drug-likeness (QED) is 0.693. The summed E-state index contributed by atoms with van der Waals surface area (Å²) >= 11 is 8.89. The number of thiazole rings is 1. The van der Waals surface area contributed by atoms with Gasteiger partial charge in [-0.1, -0.05) is 44.8 Å². The number of nitrogens with one attached hydrogen (secondary N) is 1. The average molecular weight is 418 g/mol. The Labute approximate surface area is 141 Å². The van der Waals surface area contributed by atoms with E-state index in [9.17, 15) is 0 Å². The van der Waals surface area contributed by atoms with Gasteiger partial charge in [-0.25, -0.2) is 4.98 Å². The molecule has 108 valence electrons. The second-order valence-corrected chi connectivity index (χ2v) is 7.57. The van der Waals surface area contributed by atoms with Gasteiger partial charge in [0.05, 0.1) is 10.7 Å². The molecule has 0 bridgehead atoms. The highest BCUT2D eigenvalue weighted by molar-refractivity contribution is 9.11. The summed E-state index contributed by atoms with van der Waals surface area (Å²) in [5.74, 6) is 0. The third-order valence-corrected chi connectivity index (χ3v) is 5.06. The highest BCUT2D eigenvalue weighted by atomic mass is 79.9. The summed E-state index contributed by atoms with van der Waals surface area (Å²) < 4.78 is 2.22. The van der Waals surface area contributed by atoms with Gasteiger partial charge < -0.3 is 5.32 Å². The van der Waals surface area contributed by atoms with Crippen LogP contribution in [0.3, 0.4) is 0 Å². The van der Waals surface area contributed by atoms with E-state index in [4.69, 9.17) is 0 Å². The lowest BCUT2D eigenvalue weighted by atomic mass is 10.0. The molecule has 0 aliphatic heterocycles. The van der Waals surface area contributed by atoms with Crippen molar-refractivity contribution in [3.8, 4) is 0 Å². The summed E-state index contributed by atoms with van der Waals surface area (Å²) in [6.45, 7) is 5.25. The molecule has 0 aliphatic carbocycles. The normalized spacial score (nSPS) is 12.6. The predicted molar refractivity (Wildman–Crippen MR) is 93.4 cm³/mol. The lowest BCUT2D eigenvalue weighted by Crippen LogP contribution is -2.24. The molecule has 0 spiro atoms. The van der Waals surface area contributed by atoms with Crippen molar-refractivity contribution in [1.82, 2.24) is 10.3 Å². The number of rotatable bonds is 6. The molecular weight excluding hydrogens is 400 g/mol. The van der Waals surface area contributed by atoms with E-state index in [1.807, 2.05) is 0 Å². The smallest absolute Gasteiger partial charge is 0.0897 e. The van der Waals surface area contributed by atoms with Crippen LogP contribution in [0.4, 0.5) is 0 Å². The van der Waals surface area contributed by atoms with Crippen molar-refractivity contribution in [2.75, 3.05) is 6.54 Å². The Hall–Kier alpha value is -0.230. The van der Waals surface area contributed by atoms with Crippen LogP contribution in [0.5, 0.6) is 0 Å². The second kappa shape index (κ2) is 7.69. The summed E-state index contributed by atoms with van der Waals surface area (Å²) in [4.78, 5) is 4.59. The molecule has 0 radical (unpaired) electrons. The topological polar surface area (TPSA) is 24.9 Å². The van der Waals surface area contributed by atoms with E-state index in [1.165, 1.54) is 5.56 Å². The number of aromatic nitrogens is 1. The van der Waals surface area contributed by atoms with Gasteiger partial charge in [0.2, 0.25) is 0 Å². The fraction of sp³-hybridized carbons (Fsp3) is 0.400. The zero-order valence-electron chi connectivity index (χ0n) is 11.6. The van der Waals surface area contributed by atoms with Crippen LogP contribution in [0, 0.1) is 6.92 Å². The van der Waals surface area contributed by atoms with Crippen LogP contribution in [0.1, 0.15) is 35.7 Å². The van der Waals surface area contributed by atoms with Crippen LogP contribution in [-0.2, 0) is 6.42 Å². The van der Waals surface area contributed by atoms with Crippen molar-refractivity contribution in [2.45, 2.75) is 32.7 Å². The Morgan fingerprint density at radius 1 is 1.35 bits per heavy atom. The van der Waals surface area contributed by atoms with Crippen molar-refractivity contribution >= 4 is 43.2 Å². The van der Waals surface area contributed by atoms with E-state index in [2.05, 4.69) is 79.6 Å². The number of hydrogen-bond donors (Lipinski definition) is 1. The Bertz CT molecular complexity index is 569. The molecule has 1 atom stereocenters. The molecule has 5 heteroatoms. The maximum Gasteiger partial charge on any atom is 0.0897 e. The van der Waals surface area contributed by atoms with E-state index >= 15 is 0 Å². The number of benzene rings is 1. The molecule has 0 fully saturated rings. The molecule has 20 heavy (non-hydrogen) atoms. The van der Waals surface area contributed by atoms with Crippen LogP contribution in [0.15, 0.2) is 32.5 Å². The third-order valence-electron chi connectivity index (χ3n) is 3.06. The zero-order chi connectivity index (χ0) is 14.5. The minimum atomic E-state index is 0.291. The molecule has 0 saturated carbocycles. The summed E-state index contributed by atoms with van der Waals surface area (Å²) in [5.41, 5.74) is 2.45. The van der Waals surface area contributed by atoms with Crippen molar-refractivity contribution in [3.63, 3.8) is 0 Å². The summed E-state index contributed by atoms with van der Waals surface area (Å²) in [6.07, 6.45) is 2.05. The van der Waals surface area contributed by atoms with Crippen molar-refractivity contribution in [3.05, 3.63) is 48.8 Å². The summed E-state index contributed by atoms with van der Waals surface area (Å²) in [5, 5.41) is 6.91. The molecule has 0 amide bonds. The van der Waals surface area contributed by atoms with E-state index < -0.39 is 0 Å². The van der Waals surface area contributed by atoms with Crippen molar-refractivity contribution in [2.24, 2.45) is 0 Å². The highest BCUT2D eigenvalue weighted by Crippen LogP contribution is 2.29. The molecule has 1 aromatic heterocycles. The highest BCUT2D eigenvalue weighted by Gasteiger charge is 2.16. The standard InChI is InChI=1S/C15H18Br2N2S/c1-3-6-18-15(8-12-9-20-10(2)19-12)13-5-4-11(16)7-14(13)17/h4-5,7,9,15,18H,3,6,8H2,1-2H3. The van der Waals surface area contributed by atoms with Gasteiger partial charge in [-0.3, -0.25) is 0 Å². The van der Waals surface area contributed by atoms with Crippen LogP contribution >= 0.6 is 43.2 Å². The largest absolute Gasteiger partial charge is 0.310 e. The van der Waals surface area contributed by atoms with Gasteiger partial charge >= 0.3 is 0 Å². The van der Waals surface area contributed by atoms with Crippen LogP contribution in [0.2, 0.25) is 0 Å². The Morgan fingerprint density at radius 3 is 2.75 bits per heavy atom. The molecule has 2 aromatic rings. The Balaban J connectivity index is 2.22. The summed E-state index contributed by atoms with van der Waals surface area (Å²) in [6, 6.07) is 6.65. The maximum atomic E-state index is 4.59. The number of aryl methyl sites for hydroxylation is 1. The molecule has 2 rings (SSSR count). The minimum absolute atomic E-state index is 0.291. The lowest BCUT2D eigenvalue weighted by Gasteiger charge is -2.19. The molecule has 0 aliphatic rings. The first-order valence-electron chi connectivity index (χ1n) is 6.69. The second-order valence-electron chi connectivity index (χ2n) is 4.73. The first kappa shape index (κ1) is 16.1.